The molecule has 0 atom stereocenters. The van der Waals surface area contributed by atoms with E-state index in [1.807, 2.05) is 12.1 Å². The van der Waals surface area contributed by atoms with Crippen molar-refractivity contribution in [3.8, 4) is 0 Å². The van der Waals surface area contributed by atoms with E-state index >= 15 is 0 Å². The summed E-state index contributed by atoms with van der Waals surface area (Å²) < 4.78 is 10.3. The van der Waals surface area contributed by atoms with E-state index in [4.69, 9.17) is 4.74 Å². The number of esters is 1. The Kier molecular flexibility index (Phi) is 10.4. The number of ether oxygens (including phenoxy) is 2. The molecule has 0 aliphatic rings. The number of hydrogen-bond acceptors (Lipinski definition) is 3. The second-order valence-electron chi connectivity index (χ2n) is 5.72. The van der Waals surface area contributed by atoms with Crippen molar-refractivity contribution in [2.45, 2.75) is 64.9 Å². The summed E-state index contributed by atoms with van der Waals surface area (Å²) in [4.78, 5) is 11.3. The van der Waals surface area contributed by atoms with Crippen LogP contribution in [-0.2, 0) is 16.1 Å². The molecule has 0 aliphatic heterocycles. The molecule has 0 unspecified atom stereocenters. The Bertz CT molecular complexity index is 398. The fraction of sp³-hybridized carbons (Fsp3) is 0.632. The normalized spacial score (nSPS) is 10.6. The van der Waals surface area contributed by atoms with Crippen LogP contribution in [0.5, 0.6) is 0 Å². The van der Waals surface area contributed by atoms with Crippen molar-refractivity contribution in [2.75, 3.05) is 13.7 Å². The smallest absolute Gasteiger partial charge is 0.337 e. The van der Waals surface area contributed by atoms with Crippen LogP contribution in [-0.4, -0.2) is 19.7 Å². The van der Waals surface area contributed by atoms with Gasteiger partial charge in [0.05, 0.1) is 19.3 Å². The number of benzene rings is 1. The highest BCUT2D eigenvalue weighted by Gasteiger charge is 2.04. The van der Waals surface area contributed by atoms with Gasteiger partial charge in [-0.2, -0.15) is 0 Å². The van der Waals surface area contributed by atoms with Gasteiger partial charge in [0, 0.05) is 6.61 Å². The van der Waals surface area contributed by atoms with Gasteiger partial charge in [-0.05, 0) is 24.1 Å². The van der Waals surface area contributed by atoms with E-state index in [2.05, 4.69) is 11.7 Å². The Labute approximate surface area is 135 Å². The van der Waals surface area contributed by atoms with Crippen molar-refractivity contribution >= 4 is 5.97 Å². The fourth-order valence-corrected chi connectivity index (χ4v) is 2.38. The number of unbranched alkanes of at least 4 members (excludes halogenated alkanes) is 7. The molecule has 0 saturated carbocycles. The summed E-state index contributed by atoms with van der Waals surface area (Å²) in [5.74, 6) is -0.300. The molecule has 0 amide bonds. The first-order valence-corrected chi connectivity index (χ1v) is 8.53. The van der Waals surface area contributed by atoms with Gasteiger partial charge in [0.25, 0.3) is 0 Å². The lowest BCUT2D eigenvalue weighted by atomic mass is 10.1. The monoisotopic (exact) mass is 306 g/mol. The largest absolute Gasteiger partial charge is 0.465 e. The minimum absolute atomic E-state index is 0.300. The molecular weight excluding hydrogens is 276 g/mol. The lowest BCUT2D eigenvalue weighted by Crippen LogP contribution is -2.01. The predicted octanol–water partition coefficient (Wildman–Crippen LogP) is 5.13. The molecule has 3 heteroatoms. The Morgan fingerprint density at radius 3 is 2.09 bits per heavy atom. The van der Waals surface area contributed by atoms with Crippen LogP contribution in [0.15, 0.2) is 24.3 Å². The van der Waals surface area contributed by atoms with Crippen molar-refractivity contribution in [3.63, 3.8) is 0 Å². The molecule has 0 radical (unpaired) electrons. The predicted molar refractivity (Wildman–Crippen MR) is 90.0 cm³/mol. The van der Waals surface area contributed by atoms with Crippen molar-refractivity contribution < 1.29 is 14.3 Å². The molecule has 0 saturated heterocycles. The van der Waals surface area contributed by atoms with Gasteiger partial charge in [-0.15, -0.1) is 0 Å². The first-order chi connectivity index (χ1) is 10.8. The first-order valence-electron chi connectivity index (χ1n) is 8.53. The SMILES string of the molecule is CCCCCCCCCCOCc1ccc(C(=O)OC)cc1. The van der Waals surface area contributed by atoms with E-state index < -0.39 is 0 Å². The summed E-state index contributed by atoms with van der Waals surface area (Å²) in [6, 6.07) is 7.39. The van der Waals surface area contributed by atoms with Crippen LogP contribution in [0.25, 0.3) is 0 Å². The maximum atomic E-state index is 11.3. The standard InChI is InChI=1S/C19H30O3/c1-3-4-5-6-7-8-9-10-15-22-16-17-11-13-18(14-12-17)19(20)21-2/h11-14H,3-10,15-16H2,1-2H3. The molecule has 3 nitrogen and oxygen atoms in total. The first kappa shape index (κ1) is 18.7. The van der Waals surface area contributed by atoms with Crippen LogP contribution >= 0.6 is 0 Å². The topological polar surface area (TPSA) is 35.5 Å². The maximum Gasteiger partial charge on any atom is 0.337 e. The van der Waals surface area contributed by atoms with Crippen molar-refractivity contribution in [1.29, 1.82) is 0 Å². The third-order valence-corrected chi connectivity index (χ3v) is 3.79. The molecule has 22 heavy (non-hydrogen) atoms. The highest BCUT2D eigenvalue weighted by atomic mass is 16.5. The fourth-order valence-electron chi connectivity index (χ4n) is 2.38. The van der Waals surface area contributed by atoms with Crippen LogP contribution in [0.2, 0.25) is 0 Å². The third kappa shape index (κ3) is 8.18. The number of carbonyl (C=O) groups is 1. The number of hydrogen-bond donors (Lipinski definition) is 0. The van der Waals surface area contributed by atoms with Crippen LogP contribution in [0.1, 0.15) is 74.2 Å². The third-order valence-electron chi connectivity index (χ3n) is 3.79. The molecular formula is C19H30O3. The Morgan fingerprint density at radius 1 is 0.909 bits per heavy atom. The zero-order chi connectivity index (χ0) is 16.0. The minimum atomic E-state index is -0.300. The van der Waals surface area contributed by atoms with Gasteiger partial charge in [0.2, 0.25) is 0 Å². The van der Waals surface area contributed by atoms with Crippen molar-refractivity contribution in [2.24, 2.45) is 0 Å². The Morgan fingerprint density at radius 2 is 1.50 bits per heavy atom. The average Bonchev–Trinajstić information content (AvgIpc) is 2.56. The summed E-state index contributed by atoms with van der Waals surface area (Å²) in [6.45, 7) is 3.67. The maximum absolute atomic E-state index is 11.3. The molecule has 0 N–H and O–H groups in total. The van der Waals surface area contributed by atoms with Crippen LogP contribution in [0.4, 0.5) is 0 Å². The molecule has 0 spiro atoms. The molecule has 1 aromatic rings. The summed E-state index contributed by atoms with van der Waals surface area (Å²) in [5, 5.41) is 0. The van der Waals surface area contributed by atoms with E-state index in [-0.39, 0.29) is 5.97 Å². The van der Waals surface area contributed by atoms with Gasteiger partial charge in [-0.25, -0.2) is 4.79 Å². The van der Waals surface area contributed by atoms with Crippen LogP contribution in [0, 0.1) is 0 Å². The minimum Gasteiger partial charge on any atom is -0.465 e. The van der Waals surface area contributed by atoms with E-state index in [1.165, 1.54) is 52.1 Å². The molecule has 0 bridgehead atoms. The lowest BCUT2D eigenvalue weighted by molar-refractivity contribution is 0.0600. The van der Waals surface area contributed by atoms with Gasteiger partial charge >= 0.3 is 5.97 Å². The molecule has 1 rings (SSSR count). The highest BCUT2D eigenvalue weighted by Crippen LogP contribution is 2.10. The Balaban J connectivity index is 2.01. The summed E-state index contributed by atoms with van der Waals surface area (Å²) in [5.41, 5.74) is 1.67. The zero-order valence-electron chi connectivity index (χ0n) is 14.1. The van der Waals surface area contributed by atoms with Crippen molar-refractivity contribution in [1.82, 2.24) is 0 Å². The number of rotatable bonds is 12. The molecule has 0 heterocycles. The molecule has 0 fully saturated rings. The number of methoxy groups -OCH3 is 1. The van der Waals surface area contributed by atoms with Gasteiger partial charge in [-0.1, -0.05) is 64.0 Å². The Hall–Kier alpha value is -1.35. The summed E-state index contributed by atoms with van der Waals surface area (Å²) in [6.07, 6.45) is 10.5. The lowest BCUT2D eigenvalue weighted by Gasteiger charge is -2.06. The van der Waals surface area contributed by atoms with Crippen LogP contribution in [0.3, 0.4) is 0 Å². The molecule has 124 valence electrons. The summed E-state index contributed by atoms with van der Waals surface area (Å²) >= 11 is 0. The van der Waals surface area contributed by atoms with E-state index in [0.29, 0.717) is 12.2 Å². The van der Waals surface area contributed by atoms with Gasteiger partial charge in [-0.3, -0.25) is 0 Å². The van der Waals surface area contributed by atoms with E-state index in [9.17, 15) is 4.79 Å². The average molecular weight is 306 g/mol. The van der Waals surface area contributed by atoms with Gasteiger partial charge < -0.3 is 9.47 Å². The second kappa shape index (κ2) is 12.2. The summed E-state index contributed by atoms with van der Waals surface area (Å²) in [7, 11) is 1.39. The molecule has 0 aromatic heterocycles. The van der Waals surface area contributed by atoms with E-state index in [1.54, 1.807) is 12.1 Å². The second-order valence-corrected chi connectivity index (χ2v) is 5.72. The van der Waals surface area contributed by atoms with Gasteiger partial charge in [0.15, 0.2) is 0 Å². The van der Waals surface area contributed by atoms with Gasteiger partial charge in [0.1, 0.15) is 0 Å². The molecule has 1 aromatic carbocycles. The van der Waals surface area contributed by atoms with E-state index in [0.717, 1.165) is 18.6 Å². The highest BCUT2D eigenvalue weighted by molar-refractivity contribution is 5.89. The van der Waals surface area contributed by atoms with Crippen molar-refractivity contribution in [3.05, 3.63) is 35.4 Å². The van der Waals surface area contributed by atoms with Crippen LogP contribution < -0.4 is 0 Å². The number of carbonyl (C=O) groups excluding carboxylic acids is 1. The quantitative estimate of drug-likeness (QED) is 0.396. The molecule has 0 aliphatic carbocycles. The zero-order valence-corrected chi connectivity index (χ0v) is 14.1.